The molecule has 0 radical (unpaired) electrons. The maximum atomic E-state index is 11.6. The molecule has 3 N–H and O–H groups in total. The van der Waals surface area contributed by atoms with Crippen LogP contribution in [0.25, 0.3) is 0 Å². The van der Waals surface area contributed by atoms with E-state index in [0.717, 1.165) is 0 Å². The molecular formula is C13H28N2O2S. The van der Waals surface area contributed by atoms with Crippen molar-refractivity contribution in [2.45, 2.75) is 51.9 Å². The lowest BCUT2D eigenvalue weighted by atomic mass is 9.87. The summed E-state index contributed by atoms with van der Waals surface area (Å²) in [4.78, 5) is 11.6. The molecular weight excluding hydrogens is 248 g/mol. The molecule has 0 bridgehead atoms. The molecule has 0 aromatic carbocycles. The summed E-state index contributed by atoms with van der Waals surface area (Å²) in [5, 5.41) is 15.1. The Morgan fingerprint density at radius 2 is 1.72 bits per heavy atom. The summed E-state index contributed by atoms with van der Waals surface area (Å²) < 4.78 is 0.0481. The average Bonchev–Trinajstić information content (AvgIpc) is 2.22. The van der Waals surface area contributed by atoms with Crippen molar-refractivity contribution in [3.05, 3.63) is 0 Å². The third-order valence-electron chi connectivity index (χ3n) is 2.80. The van der Waals surface area contributed by atoms with Crippen molar-refractivity contribution in [2.75, 3.05) is 19.3 Å². The minimum Gasteiger partial charge on any atom is -0.393 e. The summed E-state index contributed by atoms with van der Waals surface area (Å²) >= 11 is 1.73. The molecule has 0 aromatic heterocycles. The maximum absolute atomic E-state index is 11.6. The van der Waals surface area contributed by atoms with Gasteiger partial charge in [-0.25, -0.2) is 4.79 Å². The first-order valence-electron chi connectivity index (χ1n) is 6.33. The number of rotatable bonds is 7. The predicted octanol–water partition coefficient (Wildman–Crippen LogP) is 2.22. The van der Waals surface area contributed by atoms with Gasteiger partial charge >= 0.3 is 6.03 Å². The molecule has 5 heteroatoms. The zero-order valence-corrected chi connectivity index (χ0v) is 13.3. The maximum Gasteiger partial charge on any atom is 0.314 e. The molecule has 4 nitrogen and oxygen atoms in total. The largest absolute Gasteiger partial charge is 0.393 e. The van der Waals surface area contributed by atoms with Crippen LogP contribution >= 0.6 is 11.8 Å². The third kappa shape index (κ3) is 8.64. The predicted molar refractivity (Wildman–Crippen MR) is 79.1 cm³/mol. The highest BCUT2D eigenvalue weighted by atomic mass is 32.2. The van der Waals surface area contributed by atoms with Crippen molar-refractivity contribution < 1.29 is 9.90 Å². The van der Waals surface area contributed by atoms with Gasteiger partial charge in [0.1, 0.15) is 0 Å². The van der Waals surface area contributed by atoms with Crippen molar-refractivity contribution >= 4 is 17.8 Å². The molecule has 0 aliphatic heterocycles. The quantitative estimate of drug-likeness (QED) is 0.668. The van der Waals surface area contributed by atoms with Gasteiger partial charge < -0.3 is 15.7 Å². The van der Waals surface area contributed by atoms with Crippen LogP contribution in [0.4, 0.5) is 4.79 Å². The lowest BCUT2D eigenvalue weighted by molar-refractivity contribution is 0.129. The molecule has 0 fully saturated rings. The van der Waals surface area contributed by atoms with Gasteiger partial charge in [-0.2, -0.15) is 11.8 Å². The fourth-order valence-corrected chi connectivity index (χ4v) is 1.84. The van der Waals surface area contributed by atoms with Crippen LogP contribution in [0.3, 0.4) is 0 Å². The smallest absolute Gasteiger partial charge is 0.314 e. The molecule has 0 saturated heterocycles. The zero-order chi connectivity index (χ0) is 14.4. The van der Waals surface area contributed by atoms with E-state index in [1.807, 2.05) is 20.1 Å². The number of aliphatic hydroxyl groups excluding tert-OH is 1. The molecule has 2 amide bonds. The van der Waals surface area contributed by atoms with Crippen molar-refractivity contribution in [2.24, 2.45) is 5.41 Å². The standard InChI is InChI=1S/C13H28N2O2S/c1-10(16)7-12(2,3)8-14-11(17)15-9-13(4,5)18-6/h10,16H,7-9H2,1-6H3,(H2,14,15,17). The minimum absolute atomic E-state index is 0.0481. The van der Waals surface area contributed by atoms with Crippen molar-refractivity contribution in [3.63, 3.8) is 0 Å². The summed E-state index contributed by atoms with van der Waals surface area (Å²) in [7, 11) is 0. The first kappa shape index (κ1) is 17.6. The molecule has 108 valence electrons. The van der Waals surface area contributed by atoms with E-state index in [9.17, 15) is 9.90 Å². The molecule has 0 heterocycles. The molecule has 1 unspecified atom stereocenters. The van der Waals surface area contributed by atoms with E-state index in [2.05, 4.69) is 24.5 Å². The number of thioether (sulfide) groups is 1. The van der Waals surface area contributed by atoms with E-state index in [0.29, 0.717) is 19.5 Å². The van der Waals surface area contributed by atoms with Gasteiger partial charge in [0.05, 0.1) is 6.10 Å². The Morgan fingerprint density at radius 3 is 2.17 bits per heavy atom. The highest BCUT2D eigenvalue weighted by Gasteiger charge is 2.22. The molecule has 18 heavy (non-hydrogen) atoms. The van der Waals surface area contributed by atoms with Crippen LogP contribution in [-0.4, -0.2) is 41.3 Å². The molecule has 1 atom stereocenters. The Bertz CT molecular complexity index is 266. The Morgan fingerprint density at radius 1 is 1.22 bits per heavy atom. The average molecular weight is 276 g/mol. The number of hydrogen-bond donors (Lipinski definition) is 3. The third-order valence-corrected chi connectivity index (χ3v) is 4.05. The Balaban J connectivity index is 3.97. The van der Waals surface area contributed by atoms with Crippen LogP contribution < -0.4 is 10.6 Å². The summed E-state index contributed by atoms with van der Waals surface area (Å²) in [6.07, 6.45) is 2.36. The second-order valence-corrected chi connectivity index (χ2v) is 7.73. The molecule has 0 saturated carbocycles. The highest BCUT2D eigenvalue weighted by Crippen LogP contribution is 2.21. The normalized spacial score (nSPS) is 14.2. The fraction of sp³-hybridized carbons (Fsp3) is 0.923. The van der Waals surface area contributed by atoms with Gasteiger partial charge in [0.25, 0.3) is 0 Å². The summed E-state index contributed by atoms with van der Waals surface area (Å²) in [5.41, 5.74) is -0.0967. The SMILES string of the molecule is CSC(C)(C)CNC(=O)NCC(C)(C)CC(C)O. The number of aliphatic hydroxyl groups is 1. The number of urea groups is 1. The first-order valence-corrected chi connectivity index (χ1v) is 7.55. The van der Waals surface area contributed by atoms with Gasteiger partial charge in [0.2, 0.25) is 0 Å². The summed E-state index contributed by atoms with van der Waals surface area (Å²) in [5.74, 6) is 0. The van der Waals surface area contributed by atoms with Crippen LogP contribution in [0.15, 0.2) is 0 Å². The zero-order valence-electron chi connectivity index (χ0n) is 12.5. The fourth-order valence-electron chi connectivity index (χ4n) is 1.62. The van der Waals surface area contributed by atoms with Crippen molar-refractivity contribution in [3.8, 4) is 0 Å². The summed E-state index contributed by atoms with van der Waals surface area (Å²) in [6, 6.07) is -0.143. The number of amides is 2. The van der Waals surface area contributed by atoms with Crippen LogP contribution in [-0.2, 0) is 0 Å². The van der Waals surface area contributed by atoms with Crippen LogP contribution in [0.2, 0.25) is 0 Å². The molecule has 0 aromatic rings. The minimum atomic E-state index is -0.347. The highest BCUT2D eigenvalue weighted by molar-refractivity contribution is 7.99. The monoisotopic (exact) mass is 276 g/mol. The van der Waals surface area contributed by atoms with Crippen LogP contribution in [0.1, 0.15) is 41.0 Å². The Hall–Kier alpha value is -0.420. The Labute approximate surface area is 115 Å². The number of nitrogens with one attached hydrogen (secondary N) is 2. The van der Waals surface area contributed by atoms with E-state index < -0.39 is 0 Å². The first-order chi connectivity index (χ1) is 8.08. The van der Waals surface area contributed by atoms with Gasteiger partial charge in [-0.05, 0) is 38.9 Å². The lowest BCUT2D eigenvalue weighted by Crippen LogP contribution is -2.45. The van der Waals surface area contributed by atoms with E-state index in [-0.39, 0.29) is 22.3 Å². The molecule has 0 spiro atoms. The van der Waals surface area contributed by atoms with Gasteiger partial charge in [-0.1, -0.05) is 13.8 Å². The van der Waals surface area contributed by atoms with Crippen molar-refractivity contribution in [1.29, 1.82) is 0 Å². The number of carbonyl (C=O) groups excluding carboxylic acids is 1. The molecule has 0 aliphatic carbocycles. The van der Waals surface area contributed by atoms with Crippen LogP contribution in [0, 0.1) is 5.41 Å². The summed E-state index contributed by atoms with van der Waals surface area (Å²) in [6.45, 7) is 11.2. The second-order valence-electron chi connectivity index (χ2n) is 6.22. The van der Waals surface area contributed by atoms with E-state index in [1.165, 1.54) is 0 Å². The second kappa shape index (κ2) is 7.24. The molecule has 0 aliphatic rings. The van der Waals surface area contributed by atoms with Gasteiger partial charge in [0.15, 0.2) is 0 Å². The van der Waals surface area contributed by atoms with Gasteiger partial charge in [-0.15, -0.1) is 0 Å². The van der Waals surface area contributed by atoms with Crippen molar-refractivity contribution in [1.82, 2.24) is 10.6 Å². The van der Waals surface area contributed by atoms with Crippen LogP contribution in [0.5, 0.6) is 0 Å². The number of carbonyl (C=O) groups is 1. The topological polar surface area (TPSA) is 61.4 Å². The lowest BCUT2D eigenvalue weighted by Gasteiger charge is -2.27. The number of hydrogen-bond acceptors (Lipinski definition) is 3. The van der Waals surface area contributed by atoms with Gasteiger partial charge in [0, 0.05) is 17.8 Å². The molecule has 0 rings (SSSR count). The van der Waals surface area contributed by atoms with E-state index in [1.54, 1.807) is 18.7 Å². The van der Waals surface area contributed by atoms with E-state index >= 15 is 0 Å². The van der Waals surface area contributed by atoms with Gasteiger partial charge in [-0.3, -0.25) is 0 Å². The Kier molecular flexibility index (Phi) is 7.07. The van der Waals surface area contributed by atoms with E-state index in [4.69, 9.17) is 0 Å².